The molecule has 8 heteroatoms. The first-order valence-corrected chi connectivity index (χ1v) is 10.2. The van der Waals surface area contributed by atoms with Crippen LogP contribution in [-0.4, -0.2) is 27.7 Å². The van der Waals surface area contributed by atoms with Gasteiger partial charge in [-0.15, -0.1) is 0 Å². The Labute approximate surface area is 182 Å². The van der Waals surface area contributed by atoms with Gasteiger partial charge >= 0.3 is 0 Å². The van der Waals surface area contributed by atoms with Crippen molar-refractivity contribution in [2.24, 2.45) is 5.92 Å². The monoisotopic (exact) mass is 508 g/mol. The number of anilines is 1. The Kier molecular flexibility index (Phi) is 6.35. The molecule has 3 rings (SSSR count). The molecule has 2 aromatic rings. The molecule has 0 saturated carbocycles. The standard InChI is InChI=1S/C21H21IN2O5/c1-14(4-2-3-11-25)21(27)18-12-17(24(28)29)9-10-19(18)23(20(21)26)13-15-5-7-16(22)8-6-15/h2,4-10,12,14,25,27H,3,11,13H2,1H3/b4-2+/t14-,21+/m1/s1. The average Bonchev–Trinajstić information content (AvgIpc) is 2.92. The highest BCUT2D eigenvalue weighted by Crippen LogP contribution is 2.47. The maximum Gasteiger partial charge on any atom is 0.269 e. The smallest absolute Gasteiger partial charge is 0.269 e. The van der Waals surface area contributed by atoms with Crippen LogP contribution in [0.25, 0.3) is 0 Å². The van der Waals surface area contributed by atoms with E-state index in [1.54, 1.807) is 19.1 Å². The van der Waals surface area contributed by atoms with Crippen LogP contribution in [0.1, 0.15) is 24.5 Å². The minimum atomic E-state index is -1.92. The van der Waals surface area contributed by atoms with Crippen LogP contribution in [0.5, 0.6) is 0 Å². The molecule has 152 valence electrons. The third-order valence-electron chi connectivity index (χ3n) is 5.10. The lowest BCUT2D eigenvalue weighted by atomic mass is 9.82. The SMILES string of the molecule is C[C@H](/C=C/CCO)[C@@]1(O)C(=O)N(Cc2ccc(I)cc2)c2ccc([N+](=O)[O-])cc21. The van der Waals surface area contributed by atoms with Gasteiger partial charge in [0.2, 0.25) is 0 Å². The van der Waals surface area contributed by atoms with Crippen molar-refractivity contribution < 1.29 is 19.9 Å². The number of hydrogen-bond donors (Lipinski definition) is 2. The summed E-state index contributed by atoms with van der Waals surface area (Å²) in [6.07, 6.45) is 3.74. The van der Waals surface area contributed by atoms with Crippen molar-refractivity contribution in [1.29, 1.82) is 0 Å². The van der Waals surface area contributed by atoms with Crippen LogP contribution in [-0.2, 0) is 16.9 Å². The molecule has 2 N–H and O–H groups in total. The van der Waals surface area contributed by atoms with E-state index in [2.05, 4.69) is 22.6 Å². The number of amides is 1. The minimum Gasteiger partial charge on any atom is -0.396 e. The molecule has 0 unspecified atom stereocenters. The molecule has 1 amide bonds. The number of carbonyl (C=O) groups is 1. The summed E-state index contributed by atoms with van der Waals surface area (Å²) in [6.45, 7) is 1.88. The van der Waals surface area contributed by atoms with Crippen molar-refractivity contribution in [3.63, 3.8) is 0 Å². The lowest BCUT2D eigenvalue weighted by molar-refractivity contribution is -0.385. The second kappa shape index (κ2) is 8.60. The molecule has 0 aliphatic carbocycles. The summed E-state index contributed by atoms with van der Waals surface area (Å²) in [5, 5.41) is 31.7. The summed E-state index contributed by atoms with van der Waals surface area (Å²) in [6, 6.07) is 11.8. The van der Waals surface area contributed by atoms with E-state index < -0.39 is 22.3 Å². The van der Waals surface area contributed by atoms with Crippen molar-refractivity contribution >= 4 is 39.9 Å². The minimum absolute atomic E-state index is 0.0451. The number of rotatable bonds is 7. The molecule has 1 heterocycles. The molecule has 0 aromatic heterocycles. The fourth-order valence-electron chi connectivity index (χ4n) is 3.49. The van der Waals surface area contributed by atoms with Gasteiger partial charge in [0.25, 0.3) is 11.6 Å². The number of carbonyl (C=O) groups excluding carboxylic acids is 1. The predicted molar refractivity (Wildman–Crippen MR) is 117 cm³/mol. The Morgan fingerprint density at radius 1 is 1.28 bits per heavy atom. The number of hydrogen-bond acceptors (Lipinski definition) is 5. The van der Waals surface area contributed by atoms with E-state index in [4.69, 9.17) is 5.11 Å². The van der Waals surface area contributed by atoms with Crippen LogP contribution in [0.2, 0.25) is 0 Å². The quantitative estimate of drug-likeness (QED) is 0.258. The first-order chi connectivity index (χ1) is 13.8. The summed E-state index contributed by atoms with van der Waals surface area (Å²) in [7, 11) is 0. The summed E-state index contributed by atoms with van der Waals surface area (Å²) < 4.78 is 1.06. The zero-order valence-electron chi connectivity index (χ0n) is 15.8. The van der Waals surface area contributed by atoms with Crippen LogP contribution in [0, 0.1) is 19.6 Å². The number of aliphatic hydroxyl groups excluding tert-OH is 1. The number of nitro benzene ring substituents is 1. The molecular formula is C21H21IN2O5. The number of halogens is 1. The number of aliphatic hydroxyl groups is 2. The second-order valence-corrected chi connectivity index (χ2v) is 8.22. The van der Waals surface area contributed by atoms with Crippen LogP contribution >= 0.6 is 22.6 Å². The fraction of sp³-hybridized carbons (Fsp3) is 0.286. The molecule has 0 spiro atoms. The molecule has 1 aliphatic heterocycles. The van der Waals surface area contributed by atoms with Gasteiger partial charge < -0.3 is 15.1 Å². The zero-order valence-corrected chi connectivity index (χ0v) is 17.9. The molecule has 0 bridgehead atoms. The van der Waals surface area contributed by atoms with Crippen LogP contribution in [0.4, 0.5) is 11.4 Å². The van der Waals surface area contributed by atoms with Crippen LogP contribution < -0.4 is 4.90 Å². The van der Waals surface area contributed by atoms with E-state index in [0.29, 0.717) is 12.1 Å². The van der Waals surface area contributed by atoms with Crippen LogP contribution in [0.3, 0.4) is 0 Å². The van der Waals surface area contributed by atoms with Crippen molar-refractivity contribution in [2.45, 2.75) is 25.5 Å². The third kappa shape index (κ3) is 4.05. The number of non-ortho nitro benzene ring substituents is 1. The molecule has 7 nitrogen and oxygen atoms in total. The zero-order chi connectivity index (χ0) is 21.2. The van der Waals surface area contributed by atoms with Gasteiger partial charge in [-0.1, -0.05) is 31.2 Å². The summed E-state index contributed by atoms with van der Waals surface area (Å²) in [5.74, 6) is -1.16. The Bertz CT molecular complexity index is 960. The van der Waals surface area contributed by atoms with Crippen LogP contribution in [0.15, 0.2) is 54.6 Å². The fourth-order valence-corrected chi connectivity index (χ4v) is 3.85. The number of fused-ring (bicyclic) bond motifs is 1. The summed E-state index contributed by atoms with van der Waals surface area (Å²) in [4.78, 5) is 25.5. The van der Waals surface area contributed by atoms with Gasteiger partial charge in [-0.3, -0.25) is 14.9 Å². The van der Waals surface area contributed by atoms with E-state index in [1.165, 1.54) is 23.1 Å². The Hall–Kier alpha value is -2.30. The lowest BCUT2D eigenvalue weighted by Crippen LogP contribution is -2.44. The summed E-state index contributed by atoms with van der Waals surface area (Å²) >= 11 is 2.20. The third-order valence-corrected chi connectivity index (χ3v) is 5.82. The van der Waals surface area contributed by atoms with Gasteiger partial charge in [-0.2, -0.15) is 0 Å². The van der Waals surface area contributed by atoms with Crippen molar-refractivity contribution in [3.05, 3.63) is 79.4 Å². The molecule has 2 atom stereocenters. The van der Waals surface area contributed by atoms with Gasteiger partial charge in [0, 0.05) is 33.8 Å². The predicted octanol–water partition coefficient (Wildman–Crippen LogP) is 3.51. The summed E-state index contributed by atoms with van der Waals surface area (Å²) in [5.41, 5.74) is -0.530. The Morgan fingerprint density at radius 2 is 1.97 bits per heavy atom. The second-order valence-electron chi connectivity index (χ2n) is 6.97. The van der Waals surface area contributed by atoms with E-state index >= 15 is 0 Å². The molecule has 0 radical (unpaired) electrons. The number of nitrogens with zero attached hydrogens (tertiary/aromatic N) is 2. The average molecular weight is 508 g/mol. The first kappa shape index (κ1) is 21.4. The number of nitro groups is 1. The highest BCUT2D eigenvalue weighted by atomic mass is 127. The van der Waals surface area contributed by atoms with Crippen molar-refractivity contribution in [2.75, 3.05) is 11.5 Å². The molecule has 29 heavy (non-hydrogen) atoms. The maximum absolute atomic E-state index is 13.3. The van der Waals surface area contributed by atoms with E-state index in [0.717, 1.165) is 9.13 Å². The molecule has 2 aromatic carbocycles. The topological polar surface area (TPSA) is 104 Å². The highest BCUT2D eigenvalue weighted by Gasteiger charge is 2.53. The molecule has 0 saturated heterocycles. The maximum atomic E-state index is 13.3. The lowest BCUT2D eigenvalue weighted by Gasteiger charge is -2.27. The first-order valence-electron chi connectivity index (χ1n) is 9.14. The van der Waals surface area contributed by atoms with Gasteiger partial charge in [-0.25, -0.2) is 0 Å². The normalized spacial score (nSPS) is 19.6. The van der Waals surface area contributed by atoms with E-state index in [1.807, 2.05) is 24.3 Å². The highest BCUT2D eigenvalue weighted by molar-refractivity contribution is 14.1. The van der Waals surface area contributed by atoms with Gasteiger partial charge in [-0.05, 0) is 52.8 Å². The van der Waals surface area contributed by atoms with Crippen molar-refractivity contribution in [3.8, 4) is 0 Å². The Morgan fingerprint density at radius 3 is 2.59 bits per heavy atom. The molecule has 0 fully saturated rings. The van der Waals surface area contributed by atoms with E-state index in [9.17, 15) is 20.0 Å². The molecule has 1 aliphatic rings. The number of benzene rings is 2. The van der Waals surface area contributed by atoms with Gasteiger partial charge in [0.1, 0.15) is 0 Å². The largest absolute Gasteiger partial charge is 0.396 e. The van der Waals surface area contributed by atoms with E-state index in [-0.39, 0.29) is 24.4 Å². The Balaban J connectivity index is 2.06. The molecular weight excluding hydrogens is 487 g/mol. The van der Waals surface area contributed by atoms with Gasteiger partial charge in [0.05, 0.1) is 17.2 Å². The van der Waals surface area contributed by atoms with Crippen molar-refractivity contribution in [1.82, 2.24) is 0 Å². The van der Waals surface area contributed by atoms with Gasteiger partial charge in [0.15, 0.2) is 5.60 Å².